The van der Waals surface area contributed by atoms with E-state index < -0.39 is 0 Å². The Hall–Kier alpha value is -1.34. The number of aromatic nitrogens is 1. The minimum absolute atomic E-state index is 0.0140. The van der Waals surface area contributed by atoms with Gasteiger partial charge in [-0.25, -0.2) is 9.78 Å². The van der Waals surface area contributed by atoms with E-state index in [1.165, 1.54) is 0 Å². The second kappa shape index (κ2) is 6.90. The number of carbonyl (C=O) groups is 1. The van der Waals surface area contributed by atoms with Crippen LogP contribution in [0.25, 0.3) is 0 Å². The molecule has 1 aliphatic heterocycles. The minimum Gasteiger partial charge on any atom is -0.354 e. The van der Waals surface area contributed by atoms with Gasteiger partial charge in [0.05, 0.1) is 12.2 Å². The highest BCUT2D eigenvalue weighted by molar-refractivity contribution is 7.13. The molecule has 1 aromatic rings. The first-order valence-corrected chi connectivity index (χ1v) is 7.85. The van der Waals surface area contributed by atoms with Crippen molar-refractivity contribution >= 4 is 22.5 Å². The second-order valence-electron chi connectivity index (χ2n) is 5.10. The fourth-order valence-electron chi connectivity index (χ4n) is 2.13. The first-order valence-electron chi connectivity index (χ1n) is 6.97. The van der Waals surface area contributed by atoms with E-state index in [0.29, 0.717) is 6.54 Å². The quantitative estimate of drug-likeness (QED) is 0.903. The molecule has 0 saturated carbocycles. The molecule has 0 bridgehead atoms. The number of urea groups is 1. The number of nitrogens with one attached hydrogen (secondary N) is 1. The summed E-state index contributed by atoms with van der Waals surface area (Å²) in [6.07, 6.45) is 0. The molecule has 1 N–H and O–H groups in total. The van der Waals surface area contributed by atoms with Crippen LogP contribution in [0.15, 0.2) is 5.38 Å². The van der Waals surface area contributed by atoms with Gasteiger partial charge >= 0.3 is 6.03 Å². The maximum absolute atomic E-state index is 12.1. The Balaban J connectivity index is 1.77. The number of hydrogen-bond acceptors (Lipinski definition) is 5. The molecule has 1 saturated heterocycles. The van der Waals surface area contributed by atoms with Gasteiger partial charge in [0.1, 0.15) is 0 Å². The van der Waals surface area contributed by atoms with Crippen molar-refractivity contribution in [3.8, 4) is 0 Å². The molecule has 0 spiro atoms. The van der Waals surface area contributed by atoms with E-state index in [-0.39, 0.29) is 6.03 Å². The number of likely N-dealkylation sites (N-methyl/N-ethyl adjacent to an activating group) is 1. The lowest BCUT2D eigenvalue weighted by molar-refractivity contribution is 0.142. The summed E-state index contributed by atoms with van der Waals surface area (Å²) in [5.74, 6) is 0. The molecule has 7 heteroatoms. The van der Waals surface area contributed by atoms with Crippen LogP contribution in [0.4, 0.5) is 9.93 Å². The van der Waals surface area contributed by atoms with Gasteiger partial charge in [0.15, 0.2) is 5.13 Å². The molecule has 6 nitrogen and oxygen atoms in total. The van der Waals surface area contributed by atoms with E-state index in [2.05, 4.69) is 22.1 Å². The van der Waals surface area contributed by atoms with Crippen LogP contribution in [0.1, 0.15) is 12.6 Å². The number of hydrogen-bond donors (Lipinski definition) is 1. The highest BCUT2D eigenvalue weighted by Gasteiger charge is 2.19. The number of amides is 2. The highest BCUT2D eigenvalue weighted by atomic mass is 32.1. The molecular weight excluding hydrogens is 274 g/mol. The standard InChI is InChI=1S/C13H23N5OS/c1-4-17-5-7-18(8-6-17)12(19)14-9-11-10-20-13(15-11)16(2)3/h10H,4-9H2,1-3H3,(H,14,19). The average molecular weight is 297 g/mol. The third-order valence-electron chi connectivity index (χ3n) is 3.45. The van der Waals surface area contributed by atoms with Gasteiger partial charge in [-0.1, -0.05) is 6.92 Å². The smallest absolute Gasteiger partial charge is 0.317 e. The van der Waals surface area contributed by atoms with Gasteiger partial charge in [-0.05, 0) is 6.54 Å². The van der Waals surface area contributed by atoms with Crippen LogP contribution in [-0.2, 0) is 6.54 Å². The summed E-state index contributed by atoms with van der Waals surface area (Å²) in [7, 11) is 3.93. The molecule has 1 aliphatic rings. The predicted molar refractivity (Wildman–Crippen MR) is 82.4 cm³/mol. The Morgan fingerprint density at radius 1 is 1.40 bits per heavy atom. The van der Waals surface area contributed by atoms with Crippen LogP contribution in [0, 0.1) is 0 Å². The second-order valence-corrected chi connectivity index (χ2v) is 5.93. The van der Waals surface area contributed by atoms with Crippen LogP contribution in [0.2, 0.25) is 0 Å². The largest absolute Gasteiger partial charge is 0.354 e. The fourth-order valence-corrected chi connectivity index (χ4v) is 2.89. The van der Waals surface area contributed by atoms with E-state index in [1.54, 1.807) is 11.3 Å². The van der Waals surface area contributed by atoms with E-state index in [1.807, 2.05) is 29.3 Å². The Morgan fingerprint density at radius 2 is 2.10 bits per heavy atom. The molecule has 0 radical (unpaired) electrons. The Kier molecular flexibility index (Phi) is 5.19. The summed E-state index contributed by atoms with van der Waals surface area (Å²) in [4.78, 5) is 22.7. The van der Waals surface area contributed by atoms with Crippen LogP contribution in [0.5, 0.6) is 0 Å². The van der Waals surface area contributed by atoms with E-state index in [0.717, 1.165) is 43.5 Å². The Labute approximate surface area is 124 Å². The van der Waals surface area contributed by atoms with Gasteiger partial charge in [0.25, 0.3) is 0 Å². The van der Waals surface area contributed by atoms with Crippen molar-refractivity contribution < 1.29 is 4.79 Å². The maximum atomic E-state index is 12.1. The monoisotopic (exact) mass is 297 g/mol. The number of piperazine rings is 1. The fraction of sp³-hybridized carbons (Fsp3) is 0.692. The summed E-state index contributed by atoms with van der Waals surface area (Å²) >= 11 is 1.59. The van der Waals surface area contributed by atoms with Crippen LogP contribution in [0.3, 0.4) is 0 Å². The van der Waals surface area contributed by atoms with Crippen molar-refractivity contribution in [1.82, 2.24) is 20.1 Å². The number of thiazole rings is 1. The summed E-state index contributed by atoms with van der Waals surface area (Å²) in [5.41, 5.74) is 0.916. The van der Waals surface area contributed by atoms with E-state index in [4.69, 9.17) is 0 Å². The first kappa shape index (κ1) is 15.1. The number of carbonyl (C=O) groups excluding carboxylic acids is 1. The van der Waals surface area contributed by atoms with Gasteiger partial charge in [0, 0.05) is 45.7 Å². The van der Waals surface area contributed by atoms with Crippen molar-refractivity contribution in [2.75, 3.05) is 51.7 Å². The summed E-state index contributed by atoms with van der Waals surface area (Å²) in [5, 5.41) is 5.90. The van der Waals surface area contributed by atoms with Gasteiger partial charge in [-0.2, -0.15) is 0 Å². The molecule has 2 rings (SSSR count). The van der Waals surface area contributed by atoms with Gasteiger partial charge in [-0.3, -0.25) is 0 Å². The number of nitrogens with zero attached hydrogens (tertiary/aromatic N) is 4. The minimum atomic E-state index is 0.0140. The topological polar surface area (TPSA) is 51.7 Å². The molecule has 2 heterocycles. The third kappa shape index (κ3) is 3.83. The van der Waals surface area contributed by atoms with Gasteiger partial charge in [0.2, 0.25) is 0 Å². The first-order chi connectivity index (χ1) is 9.60. The molecule has 0 atom stereocenters. The molecule has 1 aromatic heterocycles. The number of rotatable bonds is 4. The summed E-state index contributed by atoms with van der Waals surface area (Å²) < 4.78 is 0. The summed E-state index contributed by atoms with van der Waals surface area (Å²) in [6.45, 7) is 7.25. The van der Waals surface area contributed by atoms with Gasteiger partial charge in [-0.15, -0.1) is 11.3 Å². The van der Waals surface area contributed by atoms with Crippen molar-refractivity contribution in [3.63, 3.8) is 0 Å². The lowest BCUT2D eigenvalue weighted by atomic mass is 10.3. The molecule has 0 aliphatic carbocycles. The zero-order chi connectivity index (χ0) is 14.5. The maximum Gasteiger partial charge on any atom is 0.317 e. The molecule has 1 fully saturated rings. The molecule has 112 valence electrons. The normalized spacial score (nSPS) is 16.2. The zero-order valence-corrected chi connectivity index (χ0v) is 13.2. The average Bonchev–Trinajstić information content (AvgIpc) is 2.94. The van der Waals surface area contributed by atoms with Gasteiger partial charge < -0.3 is 20.0 Å². The highest BCUT2D eigenvalue weighted by Crippen LogP contribution is 2.17. The SMILES string of the molecule is CCN1CCN(C(=O)NCc2csc(N(C)C)n2)CC1. The van der Waals surface area contributed by atoms with Crippen LogP contribution < -0.4 is 10.2 Å². The molecule has 20 heavy (non-hydrogen) atoms. The molecular formula is C13H23N5OS. The van der Waals surface area contributed by atoms with Crippen molar-refractivity contribution in [2.45, 2.75) is 13.5 Å². The number of anilines is 1. The van der Waals surface area contributed by atoms with Crippen molar-refractivity contribution in [3.05, 3.63) is 11.1 Å². The molecule has 0 aromatic carbocycles. The molecule has 0 unspecified atom stereocenters. The Bertz CT molecular complexity index is 440. The van der Waals surface area contributed by atoms with Crippen molar-refractivity contribution in [2.24, 2.45) is 0 Å². The van der Waals surface area contributed by atoms with Crippen molar-refractivity contribution in [1.29, 1.82) is 0 Å². The van der Waals surface area contributed by atoms with E-state index >= 15 is 0 Å². The van der Waals surface area contributed by atoms with Crippen LogP contribution in [-0.4, -0.2) is 67.6 Å². The predicted octanol–water partition coefficient (Wildman–Crippen LogP) is 1.06. The Morgan fingerprint density at radius 3 is 2.65 bits per heavy atom. The lowest BCUT2D eigenvalue weighted by Gasteiger charge is -2.33. The zero-order valence-electron chi connectivity index (χ0n) is 12.4. The van der Waals surface area contributed by atoms with Crippen LogP contribution >= 0.6 is 11.3 Å². The molecule has 2 amide bonds. The lowest BCUT2D eigenvalue weighted by Crippen LogP contribution is -2.51. The van der Waals surface area contributed by atoms with E-state index in [9.17, 15) is 4.79 Å². The summed E-state index contributed by atoms with van der Waals surface area (Å²) in [6, 6.07) is 0.0140. The third-order valence-corrected chi connectivity index (χ3v) is 4.51.